The second-order valence-electron chi connectivity index (χ2n) is 4.14. The van der Waals surface area contributed by atoms with E-state index >= 15 is 0 Å². The Balaban J connectivity index is 2.65. The molecular formula is C15H14FNO4. The predicted octanol–water partition coefficient (Wildman–Crippen LogP) is 2.73. The first-order valence-corrected chi connectivity index (χ1v) is 6.52. The fraction of sp³-hybridized carbons (Fsp3) is 0.267. The number of para-hydroxylation sites is 1. The molecule has 1 aromatic carbocycles. The number of pyridine rings is 1. The van der Waals surface area contributed by atoms with Crippen LogP contribution >= 0.6 is 0 Å². The Morgan fingerprint density at radius 2 is 1.81 bits per heavy atom. The summed E-state index contributed by atoms with van der Waals surface area (Å²) in [5.74, 6) is -2.06. The van der Waals surface area contributed by atoms with Gasteiger partial charge in [-0.05, 0) is 26.0 Å². The number of fused-ring (bicyclic) bond motifs is 1. The van der Waals surface area contributed by atoms with Crippen molar-refractivity contribution >= 4 is 22.8 Å². The van der Waals surface area contributed by atoms with Gasteiger partial charge in [-0.15, -0.1) is 0 Å². The summed E-state index contributed by atoms with van der Waals surface area (Å²) in [6.07, 6.45) is 0. The van der Waals surface area contributed by atoms with E-state index in [-0.39, 0.29) is 30.0 Å². The van der Waals surface area contributed by atoms with Crippen molar-refractivity contribution in [3.05, 3.63) is 41.3 Å². The lowest BCUT2D eigenvalue weighted by atomic mass is 10.1. The summed E-state index contributed by atoms with van der Waals surface area (Å²) in [5, 5.41) is 0.408. The highest BCUT2D eigenvalue weighted by Gasteiger charge is 2.22. The molecule has 0 N–H and O–H groups in total. The lowest BCUT2D eigenvalue weighted by Gasteiger charge is -2.09. The van der Waals surface area contributed by atoms with Crippen LogP contribution in [0.25, 0.3) is 10.9 Å². The van der Waals surface area contributed by atoms with Gasteiger partial charge in [-0.1, -0.05) is 12.1 Å². The zero-order chi connectivity index (χ0) is 15.4. The van der Waals surface area contributed by atoms with E-state index in [0.29, 0.717) is 5.39 Å². The van der Waals surface area contributed by atoms with Gasteiger partial charge in [0.05, 0.1) is 18.8 Å². The summed E-state index contributed by atoms with van der Waals surface area (Å²) in [7, 11) is 0. The number of nitrogens with zero attached hydrogens (tertiary/aromatic N) is 1. The molecule has 0 saturated heterocycles. The first kappa shape index (κ1) is 14.9. The number of hydrogen-bond donors (Lipinski definition) is 0. The van der Waals surface area contributed by atoms with Crippen LogP contribution in [0.1, 0.15) is 34.7 Å². The average molecular weight is 291 g/mol. The van der Waals surface area contributed by atoms with Gasteiger partial charge >= 0.3 is 11.9 Å². The number of benzene rings is 1. The van der Waals surface area contributed by atoms with Crippen LogP contribution in [0.4, 0.5) is 4.39 Å². The third-order valence-corrected chi connectivity index (χ3v) is 2.76. The summed E-state index contributed by atoms with van der Waals surface area (Å²) in [5.41, 5.74) is -0.269. The number of hydrogen-bond acceptors (Lipinski definition) is 5. The largest absolute Gasteiger partial charge is 0.462 e. The summed E-state index contributed by atoms with van der Waals surface area (Å²) in [6.45, 7) is 3.56. The maximum absolute atomic E-state index is 13.8. The molecular weight excluding hydrogens is 277 g/mol. The Morgan fingerprint density at radius 1 is 1.14 bits per heavy atom. The summed E-state index contributed by atoms with van der Waals surface area (Å²) >= 11 is 0. The molecule has 0 fully saturated rings. The molecule has 0 aliphatic rings. The van der Waals surface area contributed by atoms with Gasteiger partial charge in [0.2, 0.25) is 0 Å². The van der Waals surface area contributed by atoms with E-state index in [0.717, 1.165) is 0 Å². The fourth-order valence-corrected chi connectivity index (χ4v) is 1.88. The van der Waals surface area contributed by atoms with Crippen LogP contribution in [0.5, 0.6) is 0 Å². The van der Waals surface area contributed by atoms with Crippen molar-refractivity contribution in [2.45, 2.75) is 13.8 Å². The normalized spacial score (nSPS) is 10.4. The van der Waals surface area contributed by atoms with Crippen molar-refractivity contribution in [1.82, 2.24) is 4.98 Å². The Kier molecular flexibility index (Phi) is 4.47. The number of esters is 2. The maximum atomic E-state index is 13.8. The maximum Gasteiger partial charge on any atom is 0.357 e. The van der Waals surface area contributed by atoms with Gasteiger partial charge in [0.25, 0.3) is 0 Å². The Hall–Kier alpha value is -2.50. The summed E-state index contributed by atoms with van der Waals surface area (Å²) < 4.78 is 23.5. The Morgan fingerprint density at radius 3 is 2.48 bits per heavy atom. The van der Waals surface area contributed by atoms with Gasteiger partial charge in [0.15, 0.2) is 5.69 Å². The van der Waals surface area contributed by atoms with Crippen LogP contribution in [0.2, 0.25) is 0 Å². The van der Waals surface area contributed by atoms with Crippen molar-refractivity contribution in [3.8, 4) is 0 Å². The van der Waals surface area contributed by atoms with Crippen LogP contribution in [0.3, 0.4) is 0 Å². The minimum Gasteiger partial charge on any atom is -0.462 e. The van der Waals surface area contributed by atoms with E-state index in [9.17, 15) is 14.0 Å². The van der Waals surface area contributed by atoms with Crippen molar-refractivity contribution in [3.63, 3.8) is 0 Å². The van der Waals surface area contributed by atoms with Gasteiger partial charge in [-0.2, -0.15) is 0 Å². The van der Waals surface area contributed by atoms with Gasteiger partial charge in [0.1, 0.15) is 11.3 Å². The average Bonchev–Trinajstić information content (AvgIpc) is 2.47. The molecule has 0 atom stereocenters. The lowest BCUT2D eigenvalue weighted by molar-refractivity contribution is 0.0474. The fourth-order valence-electron chi connectivity index (χ4n) is 1.88. The number of aromatic nitrogens is 1. The first-order valence-electron chi connectivity index (χ1n) is 6.52. The Bertz CT molecular complexity index is 699. The van der Waals surface area contributed by atoms with Crippen LogP contribution in [0.15, 0.2) is 24.3 Å². The molecule has 0 aliphatic heterocycles. The first-order chi connectivity index (χ1) is 10.1. The topological polar surface area (TPSA) is 65.5 Å². The van der Waals surface area contributed by atoms with Crippen molar-refractivity contribution in [2.75, 3.05) is 13.2 Å². The predicted molar refractivity (Wildman–Crippen MR) is 73.6 cm³/mol. The van der Waals surface area contributed by atoms with Crippen molar-refractivity contribution in [1.29, 1.82) is 0 Å². The molecule has 5 nitrogen and oxygen atoms in total. The molecule has 0 bridgehead atoms. The second kappa shape index (κ2) is 6.30. The molecule has 0 radical (unpaired) electrons. The second-order valence-corrected chi connectivity index (χ2v) is 4.14. The van der Waals surface area contributed by atoms with Crippen molar-refractivity contribution < 1.29 is 23.5 Å². The van der Waals surface area contributed by atoms with Crippen LogP contribution in [-0.4, -0.2) is 30.1 Å². The SMILES string of the molecule is CCOC(=O)c1cc2cccc(F)c2nc1C(=O)OCC. The highest BCUT2D eigenvalue weighted by molar-refractivity contribution is 6.04. The zero-order valence-electron chi connectivity index (χ0n) is 11.7. The van der Waals surface area contributed by atoms with Crippen LogP contribution in [-0.2, 0) is 9.47 Å². The summed E-state index contributed by atoms with van der Waals surface area (Å²) in [4.78, 5) is 27.8. The van der Waals surface area contributed by atoms with E-state index in [1.54, 1.807) is 19.9 Å². The van der Waals surface area contributed by atoms with Crippen LogP contribution in [0, 0.1) is 5.82 Å². The molecule has 1 aromatic heterocycles. The molecule has 2 aromatic rings. The van der Waals surface area contributed by atoms with E-state index in [1.165, 1.54) is 18.2 Å². The monoisotopic (exact) mass is 291 g/mol. The van der Waals surface area contributed by atoms with Gasteiger partial charge < -0.3 is 9.47 Å². The summed E-state index contributed by atoms with van der Waals surface area (Å²) in [6, 6.07) is 5.71. The molecule has 6 heteroatoms. The van der Waals surface area contributed by atoms with Crippen molar-refractivity contribution in [2.24, 2.45) is 0 Å². The standard InChI is InChI=1S/C15H14FNO4/c1-3-20-14(18)10-8-9-6-5-7-11(16)12(9)17-13(10)15(19)21-4-2/h5-8H,3-4H2,1-2H3. The third-order valence-electron chi connectivity index (χ3n) is 2.76. The molecule has 0 unspecified atom stereocenters. The van der Waals surface area contributed by atoms with E-state index < -0.39 is 17.8 Å². The molecule has 0 aliphatic carbocycles. The van der Waals surface area contributed by atoms with E-state index in [1.807, 2.05) is 0 Å². The van der Waals surface area contributed by atoms with Crippen LogP contribution < -0.4 is 0 Å². The molecule has 0 saturated carbocycles. The molecule has 0 spiro atoms. The minimum atomic E-state index is -0.786. The molecule has 110 valence electrons. The highest BCUT2D eigenvalue weighted by Crippen LogP contribution is 2.21. The number of carbonyl (C=O) groups excluding carboxylic acids is 2. The van der Waals surface area contributed by atoms with E-state index in [4.69, 9.17) is 9.47 Å². The molecule has 0 amide bonds. The van der Waals surface area contributed by atoms with Gasteiger partial charge in [0, 0.05) is 5.39 Å². The smallest absolute Gasteiger partial charge is 0.357 e. The number of halogens is 1. The highest BCUT2D eigenvalue weighted by atomic mass is 19.1. The minimum absolute atomic E-state index is 0.00796. The lowest BCUT2D eigenvalue weighted by Crippen LogP contribution is -2.16. The number of carbonyl (C=O) groups is 2. The third kappa shape index (κ3) is 2.99. The molecule has 21 heavy (non-hydrogen) atoms. The van der Waals surface area contributed by atoms with Gasteiger partial charge in [-0.25, -0.2) is 19.0 Å². The van der Waals surface area contributed by atoms with Gasteiger partial charge in [-0.3, -0.25) is 0 Å². The Labute approximate surface area is 120 Å². The quantitative estimate of drug-likeness (QED) is 0.810. The van der Waals surface area contributed by atoms with E-state index in [2.05, 4.69) is 4.98 Å². The number of ether oxygens (including phenoxy) is 2. The molecule has 2 rings (SSSR count). The zero-order valence-corrected chi connectivity index (χ0v) is 11.7. The molecule has 1 heterocycles. The number of rotatable bonds is 4.